The summed E-state index contributed by atoms with van der Waals surface area (Å²) in [5.41, 5.74) is -0.643. The summed E-state index contributed by atoms with van der Waals surface area (Å²) in [7, 11) is 0. The van der Waals surface area contributed by atoms with Gasteiger partial charge < -0.3 is 10.4 Å². The first-order valence-electron chi connectivity index (χ1n) is 8.13. The lowest BCUT2D eigenvalue weighted by atomic mass is 9.77. The van der Waals surface area contributed by atoms with Crippen molar-refractivity contribution in [2.24, 2.45) is 11.8 Å². The first kappa shape index (κ1) is 14.8. The normalized spacial score (nSPS) is 33.1. The van der Waals surface area contributed by atoms with Gasteiger partial charge in [-0.05, 0) is 44.4 Å². The highest BCUT2D eigenvalue weighted by molar-refractivity contribution is 5.78. The summed E-state index contributed by atoms with van der Waals surface area (Å²) in [5, 5.41) is 13.5. The molecular formula is C16H29NO2. The van der Waals surface area contributed by atoms with Gasteiger partial charge in [0, 0.05) is 12.5 Å². The van der Waals surface area contributed by atoms with Crippen molar-refractivity contribution in [1.29, 1.82) is 0 Å². The van der Waals surface area contributed by atoms with Crippen LogP contribution < -0.4 is 5.32 Å². The Morgan fingerprint density at radius 3 is 2.37 bits per heavy atom. The van der Waals surface area contributed by atoms with Crippen LogP contribution in [0.5, 0.6) is 0 Å². The predicted octanol–water partition coefficient (Wildman–Crippen LogP) is 3.01. The Kier molecular flexibility index (Phi) is 5.26. The highest BCUT2D eigenvalue weighted by Gasteiger charge is 2.33. The van der Waals surface area contributed by atoms with Crippen LogP contribution >= 0.6 is 0 Å². The first-order valence-corrected chi connectivity index (χ1v) is 8.13. The van der Waals surface area contributed by atoms with E-state index in [1.807, 2.05) is 0 Å². The molecule has 3 heteroatoms. The summed E-state index contributed by atoms with van der Waals surface area (Å²) in [6.45, 7) is 2.68. The summed E-state index contributed by atoms with van der Waals surface area (Å²) in [4.78, 5) is 12.1. The zero-order valence-electron chi connectivity index (χ0n) is 12.3. The van der Waals surface area contributed by atoms with E-state index in [1.54, 1.807) is 0 Å². The molecule has 2 rings (SSSR count). The van der Waals surface area contributed by atoms with Gasteiger partial charge in [-0.25, -0.2) is 0 Å². The standard InChI is InChI=1S/C16H29NO2/c1-2-13-8-10-16(19,11-9-13)12-17-15(18)14-6-4-3-5-7-14/h13-14,19H,2-12H2,1H3,(H,17,18). The second-order valence-corrected chi connectivity index (χ2v) is 6.63. The fraction of sp³-hybridized carbons (Fsp3) is 0.938. The maximum absolute atomic E-state index is 12.1. The van der Waals surface area contributed by atoms with Crippen molar-refractivity contribution in [3.63, 3.8) is 0 Å². The van der Waals surface area contributed by atoms with E-state index in [0.717, 1.165) is 44.4 Å². The summed E-state index contributed by atoms with van der Waals surface area (Å²) < 4.78 is 0. The van der Waals surface area contributed by atoms with E-state index in [1.165, 1.54) is 25.7 Å². The highest BCUT2D eigenvalue weighted by atomic mass is 16.3. The van der Waals surface area contributed by atoms with E-state index in [0.29, 0.717) is 6.54 Å². The smallest absolute Gasteiger partial charge is 0.223 e. The van der Waals surface area contributed by atoms with Gasteiger partial charge in [0.05, 0.1) is 5.60 Å². The molecule has 0 atom stereocenters. The fourth-order valence-corrected chi connectivity index (χ4v) is 3.56. The van der Waals surface area contributed by atoms with E-state index in [4.69, 9.17) is 0 Å². The van der Waals surface area contributed by atoms with Crippen molar-refractivity contribution in [2.75, 3.05) is 6.54 Å². The third kappa shape index (κ3) is 4.20. The summed E-state index contributed by atoms with van der Waals surface area (Å²) >= 11 is 0. The number of aliphatic hydroxyl groups is 1. The summed E-state index contributed by atoms with van der Waals surface area (Å²) in [5.74, 6) is 1.14. The van der Waals surface area contributed by atoms with Gasteiger partial charge in [-0.1, -0.05) is 32.6 Å². The van der Waals surface area contributed by atoms with E-state index in [-0.39, 0.29) is 11.8 Å². The number of rotatable bonds is 4. The van der Waals surface area contributed by atoms with Crippen molar-refractivity contribution in [2.45, 2.75) is 76.7 Å². The largest absolute Gasteiger partial charge is 0.388 e. The van der Waals surface area contributed by atoms with Gasteiger partial charge in [0.15, 0.2) is 0 Å². The average molecular weight is 267 g/mol. The van der Waals surface area contributed by atoms with Gasteiger partial charge in [-0.2, -0.15) is 0 Å². The lowest BCUT2D eigenvalue weighted by Gasteiger charge is -2.36. The third-order valence-corrected chi connectivity index (χ3v) is 5.18. The molecule has 1 amide bonds. The Bertz CT molecular complexity index is 289. The van der Waals surface area contributed by atoms with Crippen LogP contribution in [-0.2, 0) is 4.79 Å². The molecule has 0 spiro atoms. The molecule has 0 heterocycles. The van der Waals surface area contributed by atoms with Gasteiger partial charge in [-0.3, -0.25) is 4.79 Å². The van der Waals surface area contributed by atoms with Crippen molar-refractivity contribution in [1.82, 2.24) is 5.32 Å². The van der Waals surface area contributed by atoms with Crippen LogP contribution in [0, 0.1) is 11.8 Å². The van der Waals surface area contributed by atoms with Crippen molar-refractivity contribution in [3.8, 4) is 0 Å². The van der Waals surface area contributed by atoms with Gasteiger partial charge in [0.25, 0.3) is 0 Å². The Morgan fingerprint density at radius 2 is 1.79 bits per heavy atom. The number of hydrogen-bond donors (Lipinski definition) is 2. The predicted molar refractivity (Wildman–Crippen MR) is 76.8 cm³/mol. The topological polar surface area (TPSA) is 49.3 Å². The van der Waals surface area contributed by atoms with Gasteiger partial charge in [-0.15, -0.1) is 0 Å². The maximum atomic E-state index is 12.1. The Morgan fingerprint density at radius 1 is 1.16 bits per heavy atom. The van der Waals surface area contributed by atoms with E-state index in [9.17, 15) is 9.90 Å². The van der Waals surface area contributed by atoms with Crippen LogP contribution in [0.15, 0.2) is 0 Å². The molecule has 0 aliphatic heterocycles. The molecule has 0 aromatic heterocycles. The molecular weight excluding hydrogens is 238 g/mol. The molecule has 0 aromatic rings. The number of amides is 1. The molecule has 0 aromatic carbocycles. The van der Waals surface area contributed by atoms with Gasteiger partial charge >= 0.3 is 0 Å². The number of carbonyl (C=O) groups excluding carboxylic acids is 1. The van der Waals surface area contributed by atoms with Crippen LogP contribution in [0.4, 0.5) is 0 Å². The molecule has 2 aliphatic carbocycles. The minimum atomic E-state index is -0.643. The zero-order chi connectivity index (χ0) is 13.7. The molecule has 2 N–H and O–H groups in total. The molecule has 0 bridgehead atoms. The van der Waals surface area contributed by atoms with E-state index >= 15 is 0 Å². The molecule has 0 radical (unpaired) electrons. The van der Waals surface area contributed by atoms with Gasteiger partial charge in [0.1, 0.15) is 0 Å². The Balaban J connectivity index is 1.73. The van der Waals surface area contributed by atoms with Crippen LogP contribution in [0.25, 0.3) is 0 Å². The minimum Gasteiger partial charge on any atom is -0.388 e. The van der Waals surface area contributed by atoms with Gasteiger partial charge in [0.2, 0.25) is 5.91 Å². The minimum absolute atomic E-state index is 0.172. The number of hydrogen-bond acceptors (Lipinski definition) is 2. The molecule has 19 heavy (non-hydrogen) atoms. The summed E-state index contributed by atoms with van der Waals surface area (Å²) in [6, 6.07) is 0. The van der Waals surface area contributed by atoms with E-state index in [2.05, 4.69) is 12.2 Å². The molecule has 3 nitrogen and oxygen atoms in total. The van der Waals surface area contributed by atoms with Crippen molar-refractivity contribution in [3.05, 3.63) is 0 Å². The summed E-state index contributed by atoms with van der Waals surface area (Å²) in [6.07, 6.45) is 10.8. The van der Waals surface area contributed by atoms with Crippen LogP contribution in [0.1, 0.15) is 71.1 Å². The third-order valence-electron chi connectivity index (χ3n) is 5.18. The average Bonchev–Trinajstić information content (AvgIpc) is 2.47. The molecule has 0 unspecified atom stereocenters. The van der Waals surface area contributed by atoms with Crippen LogP contribution in [-0.4, -0.2) is 23.2 Å². The number of carbonyl (C=O) groups is 1. The SMILES string of the molecule is CCC1CCC(O)(CNC(=O)C2CCCCC2)CC1. The van der Waals surface area contributed by atoms with E-state index < -0.39 is 5.60 Å². The van der Waals surface area contributed by atoms with Crippen LogP contribution in [0.2, 0.25) is 0 Å². The second-order valence-electron chi connectivity index (χ2n) is 6.63. The molecule has 2 fully saturated rings. The monoisotopic (exact) mass is 267 g/mol. The zero-order valence-corrected chi connectivity index (χ0v) is 12.3. The quantitative estimate of drug-likeness (QED) is 0.822. The Labute approximate surface area is 117 Å². The first-order chi connectivity index (χ1) is 9.13. The molecule has 2 saturated carbocycles. The lowest BCUT2D eigenvalue weighted by Crippen LogP contribution is -2.46. The fourth-order valence-electron chi connectivity index (χ4n) is 3.56. The molecule has 110 valence electrons. The van der Waals surface area contributed by atoms with Crippen molar-refractivity contribution < 1.29 is 9.90 Å². The molecule has 2 aliphatic rings. The maximum Gasteiger partial charge on any atom is 0.223 e. The van der Waals surface area contributed by atoms with Crippen LogP contribution in [0.3, 0.4) is 0 Å². The van der Waals surface area contributed by atoms with Crippen molar-refractivity contribution >= 4 is 5.91 Å². The molecule has 0 saturated heterocycles. The highest BCUT2D eigenvalue weighted by Crippen LogP contribution is 2.33. The number of nitrogens with one attached hydrogen (secondary N) is 1. The lowest BCUT2D eigenvalue weighted by molar-refractivity contribution is -0.127. The second kappa shape index (κ2) is 6.74. The Hall–Kier alpha value is -0.570.